The fraction of sp³-hybridized carbons (Fsp3) is 0.382. The van der Waals surface area contributed by atoms with Crippen LogP contribution in [0.15, 0.2) is 60.2 Å². The number of fused-ring (bicyclic) bond motifs is 1. The Morgan fingerprint density at radius 3 is 2.48 bits per heavy atom. The van der Waals surface area contributed by atoms with Crippen molar-refractivity contribution in [2.24, 2.45) is 0 Å². The van der Waals surface area contributed by atoms with Gasteiger partial charge in [-0.1, -0.05) is 6.08 Å². The molecule has 3 aromatic heterocycles. The number of methoxy groups -OCH3 is 1. The highest BCUT2D eigenvalue weighted by molar-refractivity contribution is 7.91. The van der Waals surface area contributed by atoms with Crippen molar-refractivity contribution >= 4 is 32.7 Å². The lowest BCUT2D eigenvalue weighted by Crippen LogP contribution is -2.44. The number of aryl methyl sites for hydroxylation is 2. The molecule has 1 saturated heterocycles. The Morgan fingerprint density at radius 2 is 1.87 bits per heavy atom. The van der Waals surface area contributed by atoms with Crippen molar-refractivity contribution in [1.29, 1.82) is 0 Å². The average Bonchev–Trinajstić information content (AvgIpc) is 3.73. The molecule has 0 bridgehead atoms. The first kappa shape index (κ1) is 31.6. The predicted octanol–water partition coefficient (Wildman–Crippen LogP) is 3.99. The van der Waals surface area contributed by atoms with Gasteiger partial charge in [-0.3, -0.25) is 9.59 Å². The molecule has 1 saturated carbocycles. The fourth-order valence-electron chi connectivity index (χ4n) is 6.32. The minimum Gasteiger partial charge on any atom is -0.494 e. The Bertz CT molecular complexity index is 1980. The van der Waals surface area contributed by atoms with E-state index < -0.39 is 20.7 Å². The highest BCUT2D eigenvalue weighted by Crippen LogP contribution is 2.49. The average molecular weight is 645 g/mol. The molecule has 0 spiro atoms. The third-order valence-electron chi connectivity index (χ3n) is 9.26. The van der Waals surface area contributed by atoms with Crippen molar-refractivity contribution in [2.75, 3.05) is 45.2 Å². The van der Waals surface area contributed by atoms with Gasteiger partial charge in [0.1, 0.15) is 11.6 Å². The Hall–Kier alpha value is -4.42. The van der Waals surface area contributed by atoms with Gasteiger partial charge in [0, 0.05) is 55.7 Å². The van der Waals surface area contributed by atoms with Crippen LogP contribution in [0.2, 0.25) is 0 Å². The van der Waals surface area contributed by atoms with Crippen LogP contribution in [0.3, 0.4) is 0 Å². The lowest BCUT2D eigenvalue weighted by Gasteiger charge is -2.33. The Kier molecular flexibility index (Phi) is 8.28. The Morgan fingerprint density at radius 1 is 1.13 bits per heavy atom. The minimum atomic E-state index is -3.88. The third-order valence-corrected chi connectivity index (χ3v) is 11.7. The van der Waals surface area contributed by atoms with Crippen molar-refractivity contribution < 1.29 is 17.9 Å². The van der Waals surface area contributed by atoms with Gasteiger partial charge >= 0.3 is 0 Å². The number of ether oxygens (including phenoxy) is 1. The van der Waals surface area contributed by atoms with Crippen LogP contribution in [0, 0.1) is 13.8 Å². The minimum absolute atomic E-state index is 0.00293. The number of nitrogens with one attached hydrogen (secondary N) is 2. The van der Waals surface area contributed by atoms with E-state index in [1.165, 1.54) is 17.3 Å². The number of anilines is 1. The molecule has 0 radical (unpaired) electrons. The number of rotatable bonds is 10. The molecule has 242 valence electrons. The first-order chi connectivity index (χ1) is 22.0. The van der Waals surface area contributed by atoms with Crippen LogP contribution in [0.5, 0.6) is 5.75 Å². The van der Waals surface area contributed by atoms with Crippen LogP contribution >= 0.6 is 0 Å². The van der Waals surface area contributed by atoms with Crippen LogP contribution in [0.25, 0.3) is 22.0 Å². The smallest absolute Gasteiger partial charge is 0.253 e. The molecule has 0 unspecified atom stereocenters. The maximum Gasteiger partial charge on any atom is 0.253 e. The third kappa shape index (κ3) is 5.60. The number of piperazine rings is 1. The van der Waals surface area contributed by atoms with E-state index >= 15 is 0 Å². The molecule has 2 aliphatic rings. The maximum absolute atomic E-state index is 14.1. The number of benzene rings is 1. The number of carbonyl (C=O) groups excluding carboxylic acids is 1. The predicted molar refractivity (Wildman–Crippen MR) is 180 cm³/mol. The summed E-state index contributed by atoms with van der Waals surface area (Å²) in [5, 5.41) is 3.27. The van der Waals surface area contributed by atoms with E-state index in [9.17, 15) is 18.0 Å². The standard InChI is InChI=1S/C34H40N6O5S/c1-6-9-34(10-11-34)46(43,44)40-21-29(45-5)31-26(32(41)36-20-27-22(2)16-23(3)37-33(27)42)17-25(18-28(31)40)24-7-8-30(35-19-24)39-14-12-38(4)13-15-39/h6-8,16-19,21H,1,9-15,20H2,2-5H3,(H,36,41)(H,37,42). The molecule has 4 aromatic rings. The molecule has 11 nitrogen and oxygen atoms in total. The van der Waals surface area contributed by atoms with Gasteiger partial charge in [-0.25, -0.2) is 17.4 Å². The number of hydrogen-bond donors (Lipinski definition) is 2. The summed E-state index contributed by atoms with van der Waals surface area (Å²) in [6, 6.07) is 9.25. The van der Waals surface area contributed by atoms with Gasteiger partial charge in [0.05, 0.1) is 34.5 Å². The summed E-state index contributed by atoms with van der Waals surface area (Å²) in [5.74, 6) is 0.661. The molecule has 1 aliphatic carbocycles. The van der Waals surface area contributed by atoms with E-state index in [4.69, 9.17) is 9.72 Å². The topological polar surface area (TPSA) is 130 Å². The van der Waals surface area contributed by atoms with E-state index in [2.05, 4.69) is 33.7 Å². The molecule has 6 rings (SSSR count). The lowest BCUT2D eigenvalue weighted by atomic mass is 10.00. The number of carbonyl (C=O) groups is 1. The summed E-state index contributed by atoms with van der Waals surface area (Å²) >= 11 is 0. The Balaban J connectivity index is 1.46. The molecule has 12 heteroatoms. The monoisotopic (exact) mass is 644 g/mol. The highest BCUT2D eigenvalue weighted by Gasteiger charge is 2.54. The van der Waals surface area contributed by atoms with Gasteiger partial charge < -0.3 is 24.8 Å². The molecule has 46 heavy (non-hydrogen) atoms. The second kappa shape index (κ2) is 12.1. The van der Waals surface area contributed by atoms with E-state index in [0.717, 1.165) is 48.8 Å². The van der Waals surface area contributed by atoms with Crippen molar-refractivity contribution in [1.82, 2.24) is 24.2 Å². The summed E-state index contributed by atoms with van der Waals surface area (Å²) in [6.07, 6.45) is 6.22. The van der Waals surface area contributed by atoms with E-state index in [0.29, 0.717) is 41.3 Å². The zero-order valence-electron chi connectivity index (χ0n) is 26.7. The molecular formula is C34H40N6O5S. The number of nitrogens with zero attached hydrogens (tertiary/aromatic N) is 4. The van der Waals surface area contributed by atoms with Crippen LogP contribution in [0.1, 0.15) is 46.4 Å². The highest BCUT2D eigenvalue weighted by atomic mass is 32.2. The summed E-state index contributed by atoms with van der Waals surface area (Å²) in [4.78, 5) is 38.7. The first-order valence-electron chi connectivity index (χ1n) is 15.4. The zero-order chi connectivity index (χ0) is 32.8. The second-order valence-electron chi connectivity index (χ2n) is 12.4. The molecule has 4 heterocycles. The largest absolute Gasteiger partial charge is 0.494 e. The van der Waals surface area contributed by atoms with Gasteiger partial charge in [0.25, 0.3) is 11.5 Å². The van der Waals surface area contributed by atoms with Crippen molar-refractivity contribution in [3.63, 3.8) is 0 Å². The fourth-order valence-corrected chi connectivity index (χ4v) is 8.32. The SMILES string of the molecule is C=CCC1(S(=O)(=O)n2cc(OC)c3c(C(=O)NCc4c(C)cc(C)[nH]c4=O)cc(-c4ccc(N5CCN(C)CC5)nc4)cc32)CC1. The van der Waals surface area contributed by atoms with Crippen LogP contribution in [0.4, 0.5) is 5.82 Å². The number of hydrogen-bond acceptors (Lipinski definition) is 8. The summed E-state index contributed by atoms with van der Waals surface area (Å²) in [7, 11) is -0.326. The van der Waals surface area contributed by atoms with Crippen molar-refractivity contribution in [3.05, 3.63) is 88.1 Å². The summed E-state index contributed by atoms with van der Waals surface area (Å²) in [5.41, 5.74) is 3.60. The molecule has 0 atom stereocenters. The van der Waals surface area contributed by atoms with Gasteiger partial charge in [0.2, 0.25) is 10.0 Å². The van der Waals surface area contributed by atoms with Gasteiger partial charge in [-0.05, 0) is 81.6 Å². The Labute approximate surface area is 268 Å². The number of amides is 1. The molecule has 2 N–H and O–H groups in total. The molecular weight excluding hydrogens is 604 g/mol. The number of likely N-dealkylation sites (N-methyl/N-ethyl adjacent to an activating group) is 1. The lowest BCUT2D eigenvalue weighted by molar-refractivity contribution is 0.0952. The van der Waals surface area contributed by atoms with E-state index in [-0.39, 0.29) is 23.4 Å². The van der Waals surface area contributed by atoms with E-state index in [1.54, 1.807) is 31.3 Å². The quantitative estimate of drug-likeness (QED) is 0.248. The maximum atomic E-state index is 14.1. The molecule has 2 fully saturated rings. The van der Waals surface area contributed by atoms with Crippen molar-refractivity contribution in [3.8, 4) is 16.9 Å². The number of pyridine rings is 2. The summed E-state index contributed by atoms with van der Waals surface area (Å²) in [6.45, 7) is 11.1. The number of aromatic nitrogens is 3. The number of H-pyrrole nitrogens is 1. The van der Waals surface area contributed by atoms with Gasteiger partial charge in [-0.2, -0.15) is 0 Å². The van der Waals surface area contributed by atoms with Crippen LogP contribution in [-0.2, 0) is 16.6 Å². The number of allylic oxidation sites excluding steroid dienone is 1. The number of aromatic amines is 1. The van der Waals surface area contributed by atoms with E-state index in [1.807, 2.05) is 25.1 Å². The molecule has 1 aromatic carbocycles. The van der Waals surface area contributed by atoms with Crippen LogP contribution in [-0.4, -0.2) is 78.2 Å². The summed E-state index contributed by atoms with van der Waals surface area (Å²) < 4.78 is 34.3. The van der Waals surface area contributed by atoms with Gasteiger partial charge in [-0.15, -0.1) is 6.58 Å². The van der Waals surface area contributed by atoms with Crippen molar-refractivity contribution in [2.45, 2.75) is 44.4 Å². The molecule has 1 aliphatic heterocycles. The first-order valence-corrected chi connectivity index (χ1v) is 16.9. The zero-order valence-corrected chi connectivity index (χ0v) is 27.5. The second-order valence-corrected chi connectivity index (χ2v) is 14.6. The van der Waals surface area contributed by atoms with Crippen LogP contribution < -0.4 is 20.5 Å². The van der Waals surface area contributed by atoms with Gasteiger partial charge in [0.15, 0.2) is 0 Å². The normalized spacial score (nSPS) is 16.4. The molecule has 1 amide bonds.